The molecule has 1 fully saturated rings. The van der Waals surface area contributed by atoms with Crippen molar-refractivity contribution in [1.29, 1.82) is 0 Å². The van der Waals surface area contributed by atoms with Crippen LogP contribution in [-0.4, -0.2) is 61.4 Å². The van der Waals surface area contributed by atoms with Crippen molar-refractivity contribution in [2.45, 2.75) is 19.9 Å². The standard InChI is InChI=1S/C20H21N7O3/c1-14-21-22-17-7-8-18(23-27(14)17)24-9-4-10-25(12-11-24)19(28)13-26-15-5-2-3-6-16(15)30-20(26)29/h2-3,5-8H,4,9-13H2,1H3. The summed E-state index contributed by atoms with van der Waals surface area (Å²) >= 11 is 0. The highest BCUT2D eigenvalue weighted by Crippen LogP contribution is 2.16. The number of oxazole rings is 1. The lowest BCUT2D eigenvalue weighted by Crippen LogP contribution is -2.38. The molecule has 0 radical (unpaired) electrons. The van der Waals surface area contributed by atoms with Crippen LogP contribution in [0, 0.1) is 6.92 Å². The van der Waals surface area contributed by atoms with Crippen LogP contribution < -0.4 is 10.7 Å². The molecule has 0 bridgehead atoms. The van der Waals surface area contributed by atoms with E-state index in [0.717, 1.165) is 24.6 Å². The Kier molecular flexibility index (Phi) is 4.46. The lowest BCUT2D eigenvalue weighted by atomic mass is 10.3. The first-order valence-electron chi connectivity index (χ1n) is 9.90. The molecule has 10 nitrogen and oxygen atoms in total. The molecule has 1 aliphatic rings. The summed E-state index contributed by atoms with van der Waals surface area (Å²) in [5, 5.41) is 12.7. The van der Waals surface area contributed by atoms with Crippen LogP contribution in [-0.2, 0) is 11.3 Å². The molecule has 154 valence electrons. The van der Waals surface area contributed by atoms with E-state index in [2.05, 4.69) is 20.2 Å². The van der Waals surface area contributed by atoms with Crippen LogP contribution in [0.15, 0.2) is 45.6 Å². The molecular weight excluding hydrogens is 386 g/mol. The number of hydrogen-bond acceptors (Lipinski definition) is 7. The van der Waals surface area contributed by atoms with Crippen LogP contribution in [0.1, 0.15) is 12.2 Å². The molecule has 0 unspecified atom stereocenters. The van der Waals surface area contributed by atoms with E-state index in [4.69, 9.17) is 4.42 Å². The minimum absolute atomic E-state index is 0.0278. The van der Waals surface area contributed by atoms with Crippen molar-refractivity contribution in [1.82, 2.24) is 29.3 Å². The molecule has 0 atom stereocenters. The Hall–Kier alpha value is -3.69. The first kappa shape index (κ1) is 18.3. The summed E-state index contributed by atoms with van der Waals surface area (Å²) in [6.07, 6.45) is 0.813. The zero-order valence-electron chi connectivity index (χ0n) is 16.6. The van der Waals surface area contributed by atoms with Gasteiger partial charge >= 0.3 is 5.76 Å². The van der Waals surface area contributed by atoms with Crippen LogP contribution in [0.25, 0.3) is 16.7 Å². The number of para-hydroxylation sites is 2. The third-order valence-electron chi connectivity index (χ3n) is 5.44. The maximum Gasteiger partial charge on any atom is 0.420 e. The Labute approximate surface area is 171 Å². The van der Waals surface area contributed by atoms with Gasteiger partial charge in [-0.1, -0.05) is 12.1 Å². The Bertz CT molecular complexity index is 1290. The molecule has 30 heavy (non-hydrogen) atoms. The average Bonchev–Trinajstić information content (AvgIpc) is 3.15. The normalized spacial score (nSPS) is 15.1. The van der Waals surface area contributed by atoms with Crippen molar-refractivity contribution in [3.8, 4) is 0 Å². The second-order valence-corrected chi connectivity index (χ2v) is 7.35. The molecule has 1 amide bonds. The molecule has 1 saturated heterocycles. The number of nitrogens with zero attached hydrogens (tertiary/aromatic N) is 7. The van der Waals surface area contributed by atoms with Crippen molar-refractivity contribution in [3.63, 3.8) is 0 Å². The molecule has 1 aromatic carbocycles. The van der Waals surface area contributed by atoms with Crippen LogP contribution in [0.2, 0.25) is 0 Å². The molecular formula is C20H21N7O3. The Morgan fingerprint density at radius 2 is 1.93 bits per heavy atom. The van der Waals surface area contributed by atoms with Gasteiger partial charge in [-0.05, 0) is 37.6 Å². The Balaban J connectivity index is 1.31. The highest BCUT2D eigenvalue weighted by Gasteiger charge is 2.22. The van der Waals surface area contributed by atoms with Crippen LogP contribution in [0.4, 0.5) is 5.82 Å². The summed E-state index contributed by atoms with van der Waals surface area (Å²) in [5.74, 6) is 0.958. The van der Waals surface area contributed by atoms with Crippen molar-refractivity contribution in [2.75, 3.05) is 31.1 Å². The molecule has 4 aromatic rings. The number of fused-ring (bicyclic) bond motifs is 2. The van der Waals surface area contributed by atoms with E-state index in [1.807, 2.05) is 25.1 Å². The minimum Gasteiger partial charge on any atom is -0.408 e. The third-order valence-corrected chi connectivity index (χ3v) is 5.44. The van der Waals surface area contributed by atoms with Gasteiger partial charge in [-0.2, -0.15) is 4.52 Å². The largest absolute Gasteiger partial charge is 0.420 e. The highest BCUT2D eigenvalue weighted by molar-refractivity contribution is 5.79. The number of anilines is 1. The number of rotatable bonds is 3. The zero-order chi connectivity index (χ0) is 20.7. The van der Waals surface area contributed by atoms with Gasteiger partial charge in [0.2, 0.25) is 5.91 Å². The fourth-order valence-electron chi connectivity index (χ4n) is 3.85. The van der Waals surface area contributed by atoms with Crippen molar-refractivity contribution in [2.24, 2.45) is 0 Å². The molecule has 5 rings (SSSR count). The van der Waals surface area contributed by atoms with Crippen molar-refractivity contribution in [3.05, 3.63) is 52.8 Å². The number of benzene rings is 1. The average molecular weight is 407 g/mol. The minimum atomic E-state index is -0.511. The number of carbonyl (C=O) groups excluding carboxylic acids is 1. The second kappa shape index (κ2) is 7.29. The smallest absolute Gasteiger partial charge is 0.408 e. The Morgan fingerprint density at radius 1 is 1.07 bits per heavy atom. The number of aromatic nitrogens is 5. The van der Waals surface area contributed by atoms with E-state index in [1.54, 1.807) is 27.6 Å². The van der Waals surface area contributed by atoms with E-state index >= 15 is 0 Å². The van der Waals surface area contributed by atoms with Gasteiger partial charge in [-0.15, -0.1) is 15.3 Å². The molecule has 4 heterocycles. The van der Waals surface area contributed by atoms with Gasteiger partial charge < -0.3 is 14.2 Å². The summed E-state index contributed by atoms with van der Waals surface area (Å²) in [5.41, 5.74) is 1.83. The molecule has 10 heteroatoms. The lowest BCUT2D eigenvalue weighted by Gasteiger charge is -2.23. The van der Waals surface area contributed by atoms with Gasteiger partial charge in [-0.25, -0.2) is 4.79 Å². The first-order valence-corrected chi connectivity index (χ1v) is 9.90. The summed E-state index contributed by atoms with van der Waals surface area (Å²) < 4.78 is 8.35. The summed E-state index contributed by atoms with van der Waals surface area (Å²) in [6, 6.07) is 11.0. The van der Waals surface area contributed by atoms with Crippen LogP contribution in [0.3, 0.4) is 0 Å². The fraction of sp³-hybridized carbons (Fsp3) is 0.350. The predicted molar refractivity (Wildman–Crippen MR) is 109 cm³/mol. The maximum absolute atomic E-state index is 12.9. The second-order valence-electron chi connectivity index (χ2n) is 7.35. The monoisotopic (exact) mass is 407 g/mol. The fourth-order valence-corrected chi connectivity index (χ4v) is 3.85. The topological polar surface area (TPSA) is 102 Å². The van der Waals surface area contributed by atoms with Gasteiger partial charge in [0.1, 0.15) is 12.4 Å². The molecule has 1 aliphatic heterocycles. The number of hydrogen-bond donors (Lipinski definition) is 0. The molecule has 0 aliphatic carbocycles. The number of amides is 1. The predicted octanol–water partition coefficient (Wildman–Crippen LogP) is 1.08. The van der Waals surface area contributed by atoms with Crippen LogP contribution >= 0.6 is 0 Å². The van der Waals surface area contributed by atoms with Gasteiger partial charge in [0.05, 0.1) is 5.52 Å². The quantitative estimate of drug-likeness (QED) is 0.501. The Morgan fingerprint density at radius 3 is 2.83 bits per heavy atom. The van der Waals surface area contributed by atoms with Crippen LogP contribution in [0.5, 0.6) is 0 Å². The number of carbonyl (C=O) groups is 1. The first-order chi connectivity index (χ1) is 14.6. The highest BCUT2D eigenvalue weighted by atomic mass is 16.4. The summed E-state index contributed by atoms with van der Waals surface area (Å²) in [6.45, 7) is 4.48. The van der Waals surface area contributed by atoms with E-state index in [-0.39, 0.29) is 12.5 Å². The molecule has 0 N–H and O–H groups in total. The summed E-state index contributed by atoms with van der Waals surface area (Å²) in [7, 11) is 0. The van der Waals surface area contributed by atoms with E-state index in [9.17, 15) is 9.59 Å². The van der Waals surface area contributed by atoms with E-state index < -0.39 is 5.76 Å². The zero-order valence-corrected chi connectivity index (χ0v) is 16.6. The van der Waals surface area contributed by atoms with Gasteiger partial charge in [0, 0.05) is 26.2 Å². The number of aryl methyl sites for hydroxylation is 1. The van der Waals surface area contributed by atoms with Gasteiger partial charge in [0.15, 0.2) is 17.1 Å². The van der Waals surface area contributed by atoms with Crippen molar-refractivity contribution >= 4 is 28.5 Å². The molecule has 0 saturated carbocycles. The lowest BCUT2D eigenvalue weighted by molar-refractivity contribution is -0.131. The third kappa shape index (κ3) is 3.19. The summed E-state index contributed by atoms with van der Waals surface area (Å²) in [4.78, 5) is 29.0. The molecule has 3 aromatic heterocycles. The SMILES string of the molecule is Cc1nnc2ccc(N3CCCN(C(=O)Cn4c(=O)oc5ccccc54)CC3)nn12. The van der Waals surface area contributed by atoms with E-state index in [0.29, 0.717) is 36.4 Å². The van der Waals surface area contributed by atoms with Crippen molar-refractivity contribution < 1.29 is 9.21 Å². The van der Waals surface area contributed by atoms with Gasteiger partial charge in [-0.3, -0.25) is 9.36 Å². The maximum atomic E-state index is 12.9. The molecule has 0 spiro atoms. The van der Waals surface area contributed by atoms with E-state index in [1.165, 1.54) is 4.57 Å². The van der Waals surface area contributed by atoms with Gasteiger partial charge in [0.25, 0.3) is 0 Å².